The van der Waals surface area contributed by atoms with Gasteiger partial charge in [0.15, 0.2) is 6.10 Å². The highest BCUT2D eigenvalue weighted by Gasteiger charge is 2.37. The molecule has 0 unspecified atom stereocenters. The Hall–Kier alpha value is -3.74. The molecule has 0 bridgehead atoms. The summed E-state index contributed by atoms with van der Waals surface area (Å²) in [6.07, 6.45) is 1.99. The second kappa shape index (κ2) is 16.5. The van der Waals surface area contributed by atoms with E-state index in [1.54, 1.807) is 32.9 Å². The number of nitrogens with zero attached hydrogens (tertiary/aromatic N) is 5. The van der Waals surface area contributed by atoms with Gasteiger partial charge in [-0.1, -0.05) is 47.5 Å². The number of piperazine rings is 1. The van der Waals surface area contributed by atoms with Crippen LogP contribution in [-0.2, 0) is 27.1 Å². The van der Waals surface area contributed by atoms with Gasteiger partial charge in [-0.15, -0.1) is 0 Å². The fraction of sp³-hybridized carbons (Fsp3) is 0.579. The van der Waals surface area contributed by atoms with Gasteiger partial charge in [0.25, 0.3) is 5.91 Å². The standard InChI is InChI=1S/C38H50Cl2N6O6/c1-38(2,3)52-37(50)45-15-11-28(12-16-45)42-20-22-43(23-21-42)34(47)33(25-26-8-9-30(39)31(40)24-26)51-36(49)44-17-13-29(14-18-44)46-19-10-27-6-4-5-7-32(27)41-35(46)48/h4-9,24,28-29,33H,10-23,25H2,1-3H3,(H,41,48)/t33-/m1/s1. The Morgan fingerprint density at radius 1 is 0.788 bits per heavy atom. The van der Waals surface area contributed by atoms with Crippen LogP contribution in [0.2, 0.25) is 10.0 Å². The lowest BCUT2D eigenvalue weighted by Gasteiger charge is -2.43. The first kappa shape index (κ1) is 38.0. The lowest BCUT2D eigenvalue weighted by molar-refractivity contribution is -0.143. The number of halogens is 2. The van der Waals surface area contributed by atoms with Crippen molar-refractivity contribution < 1.29 is 28.7 Å². The lowest BCUT2D eigenvalue weighted by Crippen LogP contribution is -2.57. The Morgan fingerprint density at radius 2 is 1.42 bits per heavy atom. The van der Waals surface area contributed by atoms with E-state index >= 15 is 0 Å². The third-order valence-corrected chi connectivity index (χ3v) is 11.2. The van der Waals surface area contributed by atoms with E-state index in [-0.39, 0.29) is 30.5 Å². The Labute approximate surface area is 316 Å². The summed E-state index contributed by atoms with van der Waals surface area (Å²) in [5.41, 5.74) is 2.16. The third-order valence-electron chi connectivity index (χ3n) is 10.5. The second-order valence-corrected chi connectivity index (χ2v) is 15.9. The first-order valence-corrected chi connectivity index (χ1v) is 19.2. The van der Waals surface area contributed by atoms with E-state index in [9.17, 15) is 19.2 Å². The highest BCUT2D eigenvalue weighted by Crippen LogP contribution is 2.27. The molecule has 1 atom stereocenters. The molecule has 5 amide bonds. The number of rotatable bonds is 6. The number of piperidine rings is 2. The van der Waals surface area contributed by atoms with Crippen molar-refractivity contribution in [2.45, 2.75) is 83.1 Å². The molecule has 0 spiro atoms. The van der Waals surface area contributed by atoms with Gasteiger partial charge in [0.05, 0.1) is 10.0 Å². The maximum atomic E-state index is 14.1. The molecule has 0 aliphatic carbocycles. The number of benzene rings is 2. The molecule has 0 saturated carbocycles. The summed E-state index contributed by atoms with van der Waals surface area (Å²) < 4.78 is 11.6. The van der Waals surface area contributed by atoms with Crippen molar-refractivity contribution >= 4 is 53.0 Å². The summed E-state index contributed by atoms with van der Waals surface area (Å²) >= 11 is 12.5. The van der Waals surface area contributed by atoms with Crippen LogP contribution < -0.4 is 5.32 Å². The van der Waals surface area contributed by atoms with E-state index in [0.29, 0.717) is 87.8 Å². The molecule has 0 aromatic heterocycles. The molecule has 0 radical (unpaired) electrons. The number of nitrogens with one attached hydrogen (secondary N) is 1. The molecule has 6 rings (SSSR count). The molecule has 3 fully saturated rings. The van der Waals surface area contributed by atoms with Gasteiger partial charge < -0.3 is 34.4 Å². The zero-order chi connectivity index (χ0) is 37.0. The van der Waals surface area contributed by atoms with Crippen LogP contribution in [0.5, 0.6) is 0 Å². The largest absolute Gasteiger partial charge is 0.444 e. The number of ether oxygens (including phenoxy) is 2. The molecule has 2 aromatic rings. The van der Waals surface area contributed by atoms with Gasteiger partial charge in [0.2, 0.25) is 0 Å². The summed E-state index contributed by atoms with van der Waals surface area (Å²) in [5.74, 6) is -0.241. The van der Waals surface area contributed by atoms with Crippen LogP contribution in [0.1, 0.15) is 57.6 Å². The number of carbonyl (C=O) groups is 4. The fourth-order valence-electron chi connectivity index (χ4n) is 7.61. The van der Waals surface area contributed by atoms with Crippen LogP contribution in [0.3, 0.4) is 0 Å². The van der Waals surface area contributed by atoms with E-state index in [2.05, 4.69) is 10.2 Å². The number of urea groups is 1. The SMILES string of the molecule is CC(C)(C)OC(=O)N1CCC(N2CCN(C(=O)[C@@H](Cc3ccc(Cl)c(Cl)c3)OC(=O)N3CCC(N4CCc5ccccc5NC4=O)CC3)CC2)CC1. The molecule has 12 nitrogen and oxygen atoms in total. The molecule has 14 heteroatoms. The predicted molar refractivity (Wildman–Crippen MR) is 200 cm³/mol. The first-order valence-electron chi connectivity index (χ1n) is 18.4. The smallest absolute Gasteiger partial charge is 0.410 e. The molecule has 1 N–H and O–H groups in total. The van der Waals surface area contributed by atoms with Gasteiger partial charge in [0.1, 0.15) is 5.60 Å². The van der Waals surface area contributed by atoms with Crippen LogP contribution in [0.25, 0.3) is 0 Å². The van der Waals surface area contributed by atoms with Crippen molar-refractivity contribution in [2.75, 3.05) is 64.2 Å². The van der Waals surface area contributed by atoms with Crippen molar-refractivity contribution in [2.24, 2.45) is 0 Å². The third kappa shape index (κ3) is 9.43. The van der Waals surface area contributed by atoms with Crippen LogP contribution in [-0.4, -0.2) is 131 Å². The van der Waals surface area contributed by atoms with Crippen molar-refractivity contribution in [1.82, 2.24) is 24.5 Å². The maximum Gasteiger partial charge on any atom is 0.410 e. The summed E-state index contributed by atoms with van der Waals surface area (Å²) in [7, 11) is 0. The summed E-state index contributed by atoms with van der Waals surface area (Å²) in [5, 5.41) is 3.81. The average Bonchev–Trinajstić information content (AvgIpc) is 3.30. The molecular weight excluding hydrogens is 707 g/mol. The Balaban J connectivity index is 1.03. The number of hydrogen-bond acceptors (Lipinski definition) is 7. The minimum Gasteiger partial charge on any atom is -0.444 e. The Kier molecular flexibility index (Phi) is 12.1. The van der Waals surface area contributed by atoms with Crippen LogP contribution >= 0.6 is 23.2 Å². The number of hydrogen-bond donors (Lipinski definition) is 1. The van der Waals surface area contributed by atoms with Crippen LogP contribution in [0, 0.1) is 0 Å². The Morgan fingerprint density at radius 3 is 2.08 bits per heavy atom. The Bertz CT molecular complexity index is 1610. The predicted octanol–water partition coefficient (Wildman–Crippen LogP) is 6.14. The minimum absolute atomic E-state index is 0.00663. The molecule has 282 valence electrons. The number of anilines is 1. The molecule has 4 aliphatic heterocycles. The fourth-order valence-corrected chi connectivity index (χ4v) is 7.93. The number of amides is 5. The van der Waals surface area contributed by atoms with E-state index in [1.165, 1.54) is 0 Å². The van der Waals surface area contributed by atoms with Crippen molar-refractivity contribution in [3.8, 4) is 0 Å². The molecule has 3 saturated heterocycles. The average molecular weight is 758 g/mol. The van der Waals surface area contributed by atoms with Crippen LogP contribution in [0.4, 0.5) is 20.1 Å². The molecule has 4 heterocycles. The van der Waals surface area contributed by atoms with Gasteiger partial charge in [0, 0.05) is 83.1 Å². The number of fused-ring (bicyclic) bond motifs is 1. The highest BCUT2D eigenvalue weighted by molar-refractivity contribution is 6.42. The topological polar surface area (TPSA) is 115 Å². The number of likely N-dealkylation sites (tertiary alicyclic amines) is 2. The second-order valence-electron chi connectivity index (χ2n) is 15.1. The van der Waals surface area contributed by atoms with Gasteiger partial charge >= 0.3 is 18.2 Å². The summed E-state index contributed by atoms with van der Waals surface area (Å²) in [4.78, 5) is 62.8. The maximum absolute atomic E-state index is 14.1. The molecule has 4 aliphatic rings. The van der Waals surface area contributed by atoms with E-state index in [1.807, 2.05) is 49.9 Å². The van der Waals surface area contributed by atoms with E-state index < -0.39 is 17.8 Å². The molecule has 52 heavy (non-hydrogen) atoms. The molecular formula is C38H50Cl2N6O6. The molecule has 2 aromatic carbocycles. The lowest BCUT2D eigenvalue weighted by atomic mass is 10.0. The van der Waals surface area contributed by atoms with Gasteiger partial charge in [-0.3, -0.25) is 9.69 Å². The van der Waals surface area contributed by atoms with Crippen molar-refractivity contribution in [1.29, 1.82) is 0 Å². The summed E-state index contributed by atoms with van der Waals surface area (Å²) in [6.45, 7) is 10.7. The minimum atomic E-state index is -1.04. The quantitative estimate of drug-likeness (QED) is 0.377. The zero-order valence-corrected chi connectivity index (χ0v) is 31.8. The van der Waals surface area contributed by atoms with Gasteiger partial charge in [-0.2, -0.15) is 0 Å². The van der Waals surface area contributed by atoms with Gasteiger partial charge in [-0.05, 0) is 82.2 Å². The van der Waals surface area contributed by atoms with Crippen molar-refractivity contribution in [3.05, 3.63) is 63.6 Å². The van der Waals surface area contributed by atoms with Gasteiger partial charge in [-0.25, -0.2) is 14.4 Å². The van der Waals surface area contributed by atoms with Crippen LogP contribution in [0.15, 0.2) is 42.5 Å². The highest BCUT2D eigenvalue weighted by atomic mass is 35.5. The monoisotopic (exact) mass is 756 g/mol. The normalized spacial score (nSPS) is 20.1. The van der Waals surface area contributed by atoms with E-state index in [0.717, 1.165) is 36.1 Å². The first-order chi connectivity index (χ1) is 24.8. The zero-order valence-electron chi connectivity index (χ0n) is 30.3. The van der Waals surface area contributed by atoms with E-state index in [4.69, 9.17) is 32.7 Å². The number of carbonyl (C=O) groups excluding carboxylic acids is 4. The summed E-state index contributed by atoms with van der Waals surface area (Å²) in [6, 6.07) is 13.2. The number of para-hydroxylation sites is 1. The van der Waals surface area contributed by atoms with Crippen molar-refractivity contribution in [3.63, 3.8) is 0 Å².